The van der Waals surface area contributed by atoms with E-state index in [9.17, 15) is 9.46 Å². The first-order valence-corrected chi connectivity index (χ1v) is 13.6. The Labute approximate surface area is 255 Å². The van der Waals surface area contributed by atoms with Gasteiger partial charge in [-0.15, -0.1) is 0 Å². The fourth-order valence-corrected chi connectivity index (χ4v) is 5.20. The van der Waals surface area contributed by atoms with Crippen molar-refractivity contribution in [3.05, 3.63) is 57.6 Å². The first-order chi connectivity index (χ1) is 15.1. The maximum absolute atomic E-state index is 13.3. The maximum Gasteiger partial charge on any atom is 1.00 e. The van der Waals surface area contributed by atoms with Gasteiger partial charge < -0.3 is 13.9 Å². The van der Waals surface area contributed by atoms with Gasteiger partial charge in [0.05, 0.1) is 0 Å². The topological polar surface area (TPSA) is 58.6 Å². The molecule has 188 valence electrons. The van der Waals surface area contributed by atoms with Crippen LogP contribution in [0.1, 0.15) is 116 Å². The second-order valence-corrected chi connectivity index (χ2v) is 15.1. The molecule has 0 saturated heterocycles. The number of hydrogen-bond donors (Lipinski definition) is 0. The molecular weight excluding hydrogens is 482 g/mol. The summed E-state index contributed by atoms with van der Waals surface area (Å²) in [6.07, 6.45) is 0.532. The summed E-state index contributed by atoms with van der Waals surface area (Å²) in [4.78, 5) is 13.3. The Morgan fingerprint density at radius 1 is 0.629 bits per heavy atom. The summed E-state index contributed by atoms with van der Waals surface area (Å²) >= 11 is 0. The molecule has 2 aromatic carbocycles. The van der Waals surface area contributed by atoms with E-state index in [-0.39, 0.29) is 73.0 Å². The molecule has 0 unspecified atom stereocenters. The minimum Gasteiger partial charge on any atom is -0.736 e. The van der Waals surface area contributed by atoms with Gasteiger partial charge in [0.15, 0.2) is 0 Å². The van der Waals surface area contributed by atoms with E-state index in [1.165, 1.54) is 0 Å². The van der Waals surface area contributed by atoms with Gasteiger partial charge in [0.1, 0.15) is 11.5 Å². The Morgan fingerprint density at radius 3 is 1.20 bits per heavy atom. The molecule has 0 saturated carbocycles. The second-order valence-electron chi connectivity index (χ2n) is 13.8. The molecule has 0 bridgehead atoms. The van der Waals surface area contributed by atoms with Gasteiger partial charge in [-0.2, -0.15) is 0 Å². The normalized spacial score (nSPS) is 16.0. The summed E-state index contributed by atoms with van der Waals surface area (Å²) in [5.41, 5.74) is 5.02. The molecule has 3 rings (SSSR count). The molecule has 0 N–H and O–H groups in total. The SMILES string of the molecule is CC(C)(C)c1cc2c(c(C(C)(C)C)c1)OP(=O)([O-])Oc1c(cc(C(C)(C)C)cc1C(C)(C)C)C2.[K+]. The number of rotatable bonds is 0. The summed E-state index contributed by atoms with van der Waals surface area (Å²) in [5.74, 6) is 0.811. The van der Waals surface area contributed by atoms with Crippen LogP contribution in [0.3, 0.4) is 0 Å². The van der Waals surface area contributed by atoms with E-state index in [2.05, 4.69) is 107 Å². The van der Waals surface area contributed by atoms with Gasteiger partial charge in [-0.05, 0) is 43.9 Å². The maximum atomic E-state index is 13.3. The number of phosphoric acid groups is 1. The number of hydrogen-bond acceptors (Lipinski definition) is 4. The number of fused-ring (bicyclic) bond motifs is 2. The van der Waals surface area contributed by atoms with Crippen LogP contribution >= 0.6 is 7.82 Å². The van der Waals surface area contributed by atoms with Crippen molar-refractivity contribution in [2.45, 2.75) is 111 Å². The molecule has 6 heteroatoms. The average molecular weight is 525 g/mol. The molecule has 1 aliphatic rings. The molecule has 0 spiro atoms. The summed E-state index contributed by atoms with van der Waals surface area (Å²) < 4.78 is 24.8. The molecule has 1 heterocycles. The van der Waals surface area contributed by atoms with Crippen molar-refractivity contribution in [2.24, 2.45) is 0 Å². The van der Waals surface area contributed by atoms with Crippen molar-refractivity contribution in [3.63, 3.8) is 0 Å². The van der Waals surface area contributed by atoms with Crippen LogP contribution in [0.15, 0.2) is 24.3 Å². The van der Waals surface area contributed by atoms with E-state index in [4.69, 9.17) is 9.05 Å². The Kier molecular flexibility index (Phi) is 8.77. The molecular formula is C29H42KO4P. The monoisotopic (exact) mass is 524 g/mol. The third-order valence-corrected chi connectivity index (χ3v) is 7.28. The predicted octanol–water partition coefficient (Wildman–Crippen LogP) is 4.71. The summed E-state index contributed by atoms with van der Waals surface area (Å²) in [6.45, 7) is 25.5. The van der Waals surface area contributed by atoms with Crippen LogP contribution in [-0.2, 0) is 32.6 Å². The molecule has 1 aliphatic heterocycles. The zero-order valence-corrected chi connectivity index (χ0v) is 28.1. The van der Waals surface area contributed by atoms with Crippen LogP contribution in [-0.4, -0.2) is 0 Å². The van der Waals surface area contributed by atoms with Crippen LogP contribution in [0.2, 0.25) is 0 Å². The van der Waals surface area contributed by atoms with Crippen molar-refractivity contribution < 1.29 is 69.9 Å². The molecule has 0 fully saturated rings. The smallest absolute Gasteiger partial charge is 0.736 e. The van der Waals surface area contributed by atoms with Gasteiger partial charge in [-0.3, -0.25) is 0 Å². The molecule has 0 amide bonds. The molecule has 0 atom stereocenters. The standard InChI is InChI=1S/C29H43O4P.K/c1-26(2,3)20-14-18-13-19-15-21(27(4,5)6)17-23(29(10,11)12)25(19)33-34(30,31)32-24(18)22(16-20)28(7,8)9;/h14-17H,13H2,1-12H3,(H,30,31);/q;+1/p-1. The fraction of sp³-hybridized carbons (Fsp3) is 0.586. The van der Waals surface area contributed by atoms with E-state index in [0.717, 1.165) is 33.4 Å². The van der Waals surface area contributed by atoms with Crippen LogP contribution < -0.4 is 65.3 Å². The van der Waals surface area contributed by atoms with Gasteiger partial charge in [-0.25, -0.2) is 4.57 Å². The Balaban J connectivity index is 0.00000432. The van der Waals surface area contributed by atoms with Crippen molar-refractivity contribution in [1.29, 1.82) is 0 Å². The van der Waals surface area contributed by atoms with Crippen molar-refractivity contribution >= 4 is 7.82 Å². The first kappa shape index (κ1) is 31.1. The largest absolute Gasteiger partial charge is 1.00 e. The van der Waals surface area contributed by atoms with Gasteiger partial charge in [0.2, 0.25) is 0 Å². The fourth-order valence-electron chi connectivity index (χ4n) is 4.28. The predicted molar refractivity (Wildman–Crippen MR) is 139 cm³/mol. The minimum atomic E-state index is -4.68. The third-order valence-electron chi connectivity index (χ3n) is 6.47. The molecule has 0 radical (unpaired) electrons. The van der Waals surface area contributed by atoms with Crippen molar-refractivity contribution in [3.8, 4) is 11.5 Å². The van der Waals surface area contributed by atoms with Crippen LogP contribution in [0, 0.1) is 0 Å². The Hall–Kier alpha value is -0.134. The quantitative estimate of drug-likeness (QED) is 0.370. The number of benzene rings is 2. The summed E-state index contributed by atoms with van der Waals surface area (Å²) in [7, 11) is -4.68. The molecule has 35 heavy (non-hydrogen) atoms. The summed E-state index contributed by atoms with van der Waals surface area (Å²) in [5, 5.41) is 0. The van der Waals surface area contributed by atoms with Crippen LogP contribution in [0.25, 0.3) is 0 Å². The van der Waals surface area contributed by atoms with Gasteiger partial charge in [-0.1, -0.05) is 107 Å². The Bertz CT molecular complexity index is 1070. The molecule has 0 aromatic heterocycles. The van der Waals surface area contributed by atoms with Crippen LogP contribution in [0.4, 0.5) is 0 Å². The molecule has 4 nitrogen and oxygen atoms in total. The van der Waals surface area contributed by atoms with E-state index in [1.807, 2.05) is 0 Å². The minimum absolute atomic E-state index is 0. The van der Waals surface area contributed by atoms with E-state index >= 15 is 0 Å². The second kappa shape index (κ2) is 9.87. The third kappa shape index (κ3) is 7.05. The van der Waals surface area contributed by atoms with Gasteiger partial charge >= 0.3 is 59.2 Å². The van der Waals surface area contributed by atoms with E-state index in [0.29, 0.717) is 17.9 Å². The zero-order valence-electron chi connectivity index (χ0n) is 24.1. The Morgan fingerprint density at radius 2 is 0.943 bits per heavy atom. The van der Waals surface area contributed by atoms with Gasteiger partial charge in [0.25, 0.3) is 0 Å². The van der Waals surface area contributed by atoms with Crippen LogP contribution in [0.5, 0.6) is 11.5 Å². The first-order valence-electron chi connectivity index (χ1n) is 12.2. The van der Waals surface area contributed by atoms with E-state index in [1.54, 1.807) is 0 Å². The van der Waals surface area contributed by atoms with Crippen molar-refractivity contribution in [1.82, 2.24) is 0 Å². The van der Waals surface area contributed by atoms with Crippen molar-refractivity contribution in [2.75, 3.05) is 0 Å². The van der Waals surface area contributed by atoms with Gasteiger partial charge in [0, 0.05) is 17.5 Å². The average Bonchev–Trinajstić information content (AvgIpc) is 2.58. The summed E-state index contributed by atoms with van der Waals surface area (Å²) in [6, 6.07) is 8.40. The number of phosphoric ester groups is 1. The zero-order chi connectivity index (χ0) is 26.1. The molecule has 2 aromatic rings. The molecule has 0 aliphatic carbocycles. The van der Waals surface area contributed by atoms with E-state index < -0.39 is 7.82 Å².